The normalized spacial score (nSPS) is 10.9. The molecule has 25 heavy (non-hydrogen) atoms. The van der Waals surface area contributed by atoms with E-state index < -0.39 is 11.4 Å². The Labute approximate surface area is 156 Å². The van der Waals surface area contributed by atoms with Gasteiger partial charge in [0.2, 0.25) is 4.77 Å². The van der Waals surface area contributed by atoms with Crippen molar-refractivity contribution >= 4 is 35.4 Å². The smallest absolute Gasteiger partial charge is 0.281 e. The lowest BCUT2D eigenvalue weighted by molar-refractivity contribution is 0.473. The van der Waals surface area contributed by atoms with Gasteiger partial charge in [-0.15, -0.1) is 0 Å². The zero-order valence-corrected chi connectivity index (χ0v) is 15.0. The van der Waals surface area contributed by atoms with Crippen molar-refractivity contribution in [2.75, 3.05) is 0 Å². The summed E-state index contributed by atoms with van der Waals surface area (Å²) in [7, 11) is 1.45. The molecule has 3 aromatic rings. The first-order valence-corrected chi connectivity index (χ1v) is 8.10. The van der Waals surface area contributed by atoms with Crippen molar-refractivity contribution in [1.82, 2.24) is 14.3 Å². The quantitative estimate of drug-likeness (QED) is 0.660. The molecule has 2 aromatic carbocycles. The van der Waals surface area contributed by atoms with Gasteiger partial charge in [0.1, 0.15) is 11.6 Å². The Morgan fingerprint density at radius 3 is 2.48 bits per heavy atom. The van der Waals surface area contributed by atoms with Crippen LogP contribution in [0.3, 0.4) is 0 Å². The molecule has 1 N–H and O–H groups in total. The summed E-state index contributed by atoms with van der Waals surface area (Å²) >= 11 is 16.8. The first kappa shape index (κ1) is 17.6. The summed E-state index contributed by atoms with van der Waals surface area (Å²) in [5.41, 5.74) is -0.448. The highest BCUT2D eigenvalue weighted by Gasteiger charge is 2.18. The molecule has 128 valence electrons. The number of phenols is 1. The van der Waals surface area contributed by atoms with Crippen molar-refractivity contribution in [2.24, 2.45) is 7.05 Å². The Bertz CT molecular complexity index is 1090. The molecule has 0 amide bonds. The van der Waals surface area contributed by atoms with Crippen LogP contribution in [-0.4, -0.2) is 19.5 Å². The maximum absolute atomic E-state index is 14.3. The number of rotatable bonds is 2. The van der Waals surface area contributed by atoms with Crippen molar-refractivity contribution in [3.05, 3.63) is 67.4 Å². The Balaban J connectivity index is 2.33. The van der Waals surface area contributed by atoms with Crippen LogP contribution in [0.1, 0.15) is 0 Å². The van der Waals surface area contributed by atoms with Gasteiger partial charge in [0.05, 0.1) is 10.7 Å². The second kappa shape index (κ2) is 6.59. The summed E-state index contributed by atoms with van der Waals surface area (Å²) in [5.74, 6) is -1.14. The molecule has 0 aliphatic rings. The molecule has 0 atom stereocenters. The molecule has 0 fully saturated rings. The molecule has 5 nitrogen and oxygen atoms in total. The Kier molecular flexibility index (Phi) is 4.64. The maximum atomic E-state index is 14.3. The van der Waals surface area contributed by atoms with Gasteiger partial charge in [0.15, 0.2) is 5.69 Å². The number of hydrogen-bond donors (Lipinski definition) is 1. The fraction of sp³-hybridized carbons (Fsp3) is 0.0625. The number of halogens is 3. The lowest BCUT2D eigenvalue weighted by Crippen LogP contribution is -2.26. The lowest BCUT2D eigenvalue weighted by atomic mass is 10.1. The molecular weight excluding hydrogens is 388 g/mol. The van der Waals surface area contributed by atoms with Crippen LogP contribution in [0.4, 0.5) is 4.39 Å². The first-order valence-electron chi connectivity index (χ1n) is 6.94. The van der Waals surface area contributed by atoms with Crippen molar-refractivity contribution in [3.8, 4) is 22.7 Å². The summed E-state index contributed by atoms with van der Waals surface area (Å²) in [6.07, 6.45) is 0. The van der Waals surface area contributed by atoms with E-state index in [0.29, 0.717) is 10.7 Å². The van der Waals surface area contributed by atoms with Gasteiger partial charge < -0.3 is 5.11 Å². The van der Waals surface area contributed by atoms with Crippen LogP contribution < -0.4 is 5.56 Å². The highest BCUT2D eigenvalue weighted by atomic mass is 35.5. The minimum Gasteiger partial charge on any atom is -0.506 e. The van der Waals surface area contributed by atoms with Crippen LogP contribution in [0.25, 0.3) is 16.9 Å². The van der Waals surface area contributed by atoms with E-state index in [-0.39, 0.29) is 26.8 Å². The summed E-state index contributed by atoms with van der Waals surface area (Å²) < 4.78 is 16.9. The minimum absolute atomic E-state index is 0.120. The maximum Gasteiger partial charge on any atom is 0.281 e. The lowest BCUT2D eigenvalue weighted by Gasteiger charge is -2.12. The van der Waals surface area contributed by atoms with E-state index in [9.17, 15) is 14.3 Å². The number of phenolic OH excluding ortho intramolecular Hbond substituents is 1. The molecule has 0 saturated heterocycles. The third kappa shape index (κ3) is 3.18. The van der Waals surface area contributed by atoms with Crippen molar-refractivity contribution in [1.29, 1.82) is 0 Å². The predicted molar refractivity (Wildman–Crippen MR) is 96.7 cm³/mol. The average molecular weight is 398 g/mol. The number of benzene rings is 2. The van der Waals surface area contributed by atoms with E-state index >= 15 is 0 Å². The second-order valence-corrected chi connectivity index (χ2v) is 6.38. The van der Waals surface area contributed by atoms with Gasteiger partial charge in [0.25, 0.3) is 5.56 Å². The van der Waals surface area contributed by atoms with Crippen LogP contribution >= 0.6 is 35.4 Å². The molecule has 1 heterocycles. The van der Waals surface area contributed by atoms with Gasteiger partial charge in [0, 0.05) is 17.6 Å². The third-order valence-corrected chi connectivity index (χ3v) is 4.54. The summed E-state index contributed by atoms with van der Waals surface area (Å²) in [5, 5.41) is 14.3. The molecule has 9 heteroatoms. The van der Waals surface area contributed by atoms with E-state index in [1.54, 1.807) is 24.3 Å². The molecule has 0 aliphatic heterocycles. The standard InChI is InChI=1S/C16H10Cl2FN3O2S/c1-21-15(24)14(10-6-13(23)11(18)7-12(10)19)20-22(16(21)25)9-4-2-8(17)3-5-9/h2-7,23H,1H3. The fourth-order valence-corrected chi connectivity index (χ4v) is 2.72. The molecular formula is C16H10Cl2FN3O2S. The van der Waals surface area contributed by atoms with E-state index in [4.69, 9.17) is 35.4 Å². The predicted octanol–water partition coefficient (Wildman–Crippen LogP) is 4.12. The number of aromatic nitrogens is 3. The van der Waals surface area contributed by atoms with Crippen LogP contribution in [0.15, 0.2) is 41.2 Å². The van der Waals surface area contributed by atoms with E-state index in [2.05, 4.69) is 5.10 Å². The SMILES string of the molecule is Cn1c(=O)c(-c2cc(O)c(Cl)cc2F)nn(-c2ccc(Cl)cc2)c1=S. The first-order chi connectivity index (χ1) is 11.8. The van der Waals surface area contributed by atoms with Gasteiger partial charge in [-0.25, -0.2) is 9.07 Å². The summed E-state index contributed by atoms with van der Waals surface area (Å²) in [4.78, 5) is 12.5. The molecule has 0 spiro atoms. The van der Waals surface area contributed by atoms with Crippen LogP contribution in [0.2, 0.25) is 10.0 Å². The largest absolute Gasteiger partial charge is 0.506 e. The number of hydrogen-bond acceptors (Lipinski definition) is 4. The van der Waals surface area contributed by atoms with Gasteiger partial charge in [-0.2, -0.15) is 5.10 Å². The molecule has 3 rings (SSSR count). The van der Waals surface area contributed by atoms with E-state index in [1.165, 1.54) is 11.7 Å². The van der Waals surface area contributed by atoms with Gasteiger partial charge >= 0.3 is 0 Å². The Morgan fingerprint density at radius 1 is 1.20 bits per heavy atom. The molecule has 0 bridgehead atoms. The van der Waals surface area contributed by atoms with Gasteiger partial charge in [-0.3, -0.25) is 9.36 Å². The van der Waals surface area contributed by atoms with E-state index in [0.717, 1.165) is 16.7 Å². The third-order valence-electron chi connectivity index (χ3n) is 3.54. The fourth-order valence-electron chi connectivity index (χ4n) is 2.21. The van der Waals surface area contributed by atoms with Crippen molar-refractivity contribution in [2.45, 2.75) is 0 Å². The monoisotopic (exact) mass is 397 g/mol. The molecule has 0 aliphatic carbocycles. The molecule has 0 radical (unpaired) electrons. The van der Waals surface area contributed by atoms with Crippen molar-refractivity contribution < 1.29 is 9.50 Å². The zero-order valence-electron chi connectivity index (χ0n) is 12.7. The van der Waals surface area contributed by atoms with Crippen LogP contribution in [0, 0.1) is 10.6 Å². The molecule has 0 unspecified atom stereocenters. The average Bonchev–Trinajstić information content (AvgIpc) is 2.58. The topological polar surface area (TPSA) is 60.1 Å². The zero-order chi connectivity index (χ0) is 18.3. The van der Waals surface area contributed by atoms with Crippen molar-refractivity contribution in [3.63, 3.8) is 0 Å². The second-order valence-electron chi connectivity index (χ2n) is 5.17. The van der Waals surface area contributed by atoms with Crippen LogP contribution in [-0.2, 0) is 7.05 Å². The van der Waals surface area contributed by atoms with Gasteiger partial charge in [-0.1, -0.05) is 23.2 Å². The Hall–Kier alpha value is -2.22. The molecule has 0 saturated carbocycles. The highest BCUT2D eigenvalue weighted by Crippen LogP contribution is 2.30. The summed E-state index contributed by atoms with van der Waals surface area (Å²) in [6, 6.07) is 8.57. The molecule has 1 aromatic heterocycles. The number of nitrogens with zero attached hydrogens (tertiary/aromatic N) is 3. The van der Waals surface area contributed by atoms with Crippen LogP contribution in [0.5, 0.6) is 5.75 Å². The highest BCUT2D eigenvalue weighted by molar-refractivity contribution is 7.71. The van der Waals surface area contributed by atoms with E-state index in [1.807, 2.05) is 0 Å². The van der Waals surface area contributed by atoms with Gasteiger partial charge in [-0.05, 0) is 48.6 Å². The number of aromatic hydroxyl groups is 1. The Morgan fingerprint density at radius 2 is 1.84 bits per heavy atom. The summed E-state index contributed by atoms with van der Waals surface area (Å²) in [6.45, 7) is 0. The minimum atomic E-state index is -0.785.